The Morgan fingerprint density at radius 3 is 2.73 bits per heavy atom. The SMILES string of the molecule is FC(F)CC[C@@]1(S)CCNC1. The van der Waals surface area contributed by atoms with E-state index in [4.69, 9.17) is 0 Å². The van der Waals surface area contributed by atoms with E-state index < -0.39 is 6.43 Å². The number of rotatable bonds is 3. The van der Waals surface area contributed by atoms with Crippen molar-refractivity contribution < 1.29 is 8.78 Å². The molecule has 66 valence electrons. The molecular formula is C7H13F2NS. The lowest BCUT2D eigenvalue weighted by molar-refractivity contribution is 0.131. The lowest BCUT2D eigenvalue weighted by Gasteiger charge is -2.20. The smallest absolute Gasteiger partial charge is 0.238 e. The molecular weight excluding hydrogens is 168 g/mol. The summed E-state index contributed by atoms with van der Waals surface area (Å²) in [4.78, 5) is 0. The highest BCUT2D eigenvalue weighted by Crippen LogP contribution is 2.28. The summed E-state index contributed by atoms with van der Waals surface area (Å²) in [5, 5.41) is 3.12. The van der Waals surface area contributed by atoms with E-state index in [0.29, 0.717) is 6.42 Å². The van der Waals surface area contributed by atoms with Crippen LogP contribution in [0.4, 0.5) is 8.78 Å². The molecule has 0 aromatic carbocycles. The zero-order valence-corrected chi connectivity index (χ0v) is 7.21. The highest BCUT2D eigenvalue weighted by molar-refractivity contribution is 7.81. The summed E-state index contributed by atoms with van der Waals surface area (Å²) in [5.74, 6) is 0. The Morgan fingerprint density at radius 2 is 2.27 bits per heavy atom. The number of thiol groups is 1. The molecule has 0 aromatic rings. The molecule has 1 saturated heterocycles. The van der Waals surface area contributed by atoms with Gasteiger partial charge in [0.05, 0.1) is 0 Å². The molecule has 0 aliphatic carbocycles. The minimum absolute atomic E-state index is 0.0226. The highest BCUT2D eigenvalue weighted by atomic mass is 32.1. The van der Waals surface area contributed by atoms with Crippen LogP contribution in [0.2, 0.25) is 0 Å². The van der Waals surface area contributed by atoms with Crippen LogP contribution in [0.15, 0.2) is 0 Å². The summed E-state index contributed by atoms with van der Waals surface area (Å²) in [6, 6.07) is 0. The van der Waals surface area contributed by atoms with E-state index in [1.807, 2.05) is 0 Å². The third-order valence-corrected chi connectivity index (χ3v) is 2.65. The van der Waals surface area contributed by atoms with Crippen LogP contribution < -0.4 is 5.32 Å². The number of nitrogens with one attached hydrogen (secondary N) is 1. The van der Waals surface area contributed by atoms with Crippen LogP contribution in [0.5, 0.6) is 0 Å². The highest BCUT2D eigenvalue weighted by Gasteiger charge is 2.29. The van der Waals surface area contributed by atoms with Gasteiger partial charge in [0.25, 0.3) is 0 Å². The van der Waals surface area contributed by atoms with Crippen molar-refractivity contribution in [2.24, 2.45) is 0 Å². The Morgan fingerprint density at radius 1 is 1.55 bits per heavy atom. The lowest BCUT2D eigenvalue weighted by atomic mass is 10.0. The van der Waals surface area contributed by atoms with Crippen molar-refractivity contribution in [3.8, 4) is 0 Å². The summed E-state index contributed by atoms with van der Waals surface area (Å²) in [5.41, 5.74) is 0. The van der Waals surface area contributed by atoms with Gasteiger partial charge < -0.3 is 5.32 Å². The average Bonchev–Trinajstić information content (AvgIpc) is 2.33. The minimum atomic E-state index is -2.18. The van der Waals surface area contributed by atoms with Gasteiger partial charge in [-0.3, -0.25) is 0 Å². The maximum atomic E-state index is 11.8. The molecule has 1 heterocycles. The normalized spacial score (nSPS) is 31.6. The molecule has 4 heteroatoms. The van der Waals surface area contributed by atoms with E-state index in [9.17, 15) is 8.78 Å². The molecule has 1 fully saturated rings. The van der Waals surface area contributed by atoms with Crippen LogP contribution in [-0.4, -0.2) is 24.3 Å². The molecule has 0 unspecified atom stereocenters. The molecule has 1 nitrogen and oxygen atoms in total. The van der Waals surface area contributed by atoms with Crippen LogP contribution in [0.25, 0.3) is 0 Å². The molecule has 1 atom stereocenters. The van der Waals surface area contributed by atoms with Gasteiger partial charge in [-0.2, -0.15) is 12.6 Å². The van der Waals surface area contributed by atoms with Gasteiger partial charge in [0.2, 0.25) is 6.43 Å². The first-order valence-corrected chi connectivity index (χ1v) is 4.28. The monoisotopic (exact) mass is 181 g/mol. The van der Waals surface area contributed by atoms with E-state index in [0.717, 1.165) is 19.5 Å². The van der Waals surface area contributed by atoms with Gasteiger partial charge in [0.15, 0.2) is 0 Å². The fraction of sp³-hybridized carbons (Fsp3) is 1.00. The number of hydrogen-bond acceptors (Lipinski definition) is 2. The molecule has 0 spiro atoms. The van der Waals surface area contributed by atoms with Gasteiger partial charge in [-0.1, -0.05) is 0 Å². The standard InChI is InChI=1S/C7H13F2NS/c8-6(9)1-2-7(11)3-4-10-5-7/h6,10-11H,1-5H2/t7-/m1/s1. The Kier molecular flexibility index (Phi) is 3.13. The summed E-state index contributed by atoms with van der Waals surface area (Å²) < 4.78 is 23.4. The van der Waals surface area contributed by atoms with E-state index in [1.54, 1.807) is 0 Å². The van der Waals surface area contributed by atoms with Gasteiger partial charge in [-0.25, -0.2) is 8.78 Å². The summed E-state index contributed by atoms with van der Waals surface area (Å²) in [7, 11) is 0. The van der Waals surface area contributed by atoms with E-state index >= 15 is 0 Å². The van der Waals surface area contributed by atoms with Gasteiger partial charge in [0, 0.05) is 17.7 Å². The second-order valence-electron chi connectivity index (χ2n) is 3.08. The predicted octanol–water partition coefficient (Wildman–Crippen LogP) is 1.69. The maximum Gasteiger partial charge on any atom is 0.238 e. The predicted molar refractivity (Wildman–Crippen MR) is 44.4 cm³/mol. The minimum Gasteiger partial charge on any atom is -0.315 e. The Bertz CT molecular complexity index is 124. The van der Waals surface area contributed by atoms with Crippen molar-refractivity contribution in [2.75, 3.05) is 13.1 Å². The molecule has 0 radical (unpaired) electrons. The summed E-state index contributed by atoms with van der Waals surface area (Å²) in [6.45, 7) is 1.68. The van der Waals surface area contributed by atoms with E-state index in [-0.39, 0.29) is 11.2 Å². The van der Waals surface area contributed by atoms with E-state index in [1.165, 1.54) is 0 Å². The fourth-order valence-corrected chi connectivity index (χ4v) is 1.67. The third-order valence-electron chi connectivity index (χ3n) is 2.05. The molecule has 1 rings (SSSR count). The van der Waals surface area contributed by atoms with Crippen molar-refractivity contribution >= 4 is 12.6 Å². The molecule has 11 heavy (non-hydrogen) atoms. The molecule has 0 saturated carbocycles. The van der Waals surface area contributed by atoms with Crippen LogP contribution in [0.3, 0.4) is 0 Å². The molecule has 1 aliphatic rings. The first-order chi connectivity index (χ1) is 5.12. The second kappa shape index (κ2) is 3.72. The zero-order valence-electron chi connectivity index (χ0n) is 6.32. The van der Waals surface area contributed by atoms with Gasteiger partial charge in [-0.05, 0) is 19.4 Å². The maximum absolute atomic E-state index is 11.8. The second-order valence-corrected chi connectivity index (χ2v) is 4.03. The first kappa shape index (κ1) is 9.26. The fourth-order valence-electron chi connectivity index (χ4n) is 1.32. The number of hydrogen-bond donors (Lipinski definition) is 2. The molecule has 1 aliphatic heterocycles. The van der Waals surface area contributed by atoms with Crippen molar-refractivity contribution in [1.82, 2.24) is 5.32 Å². The molecule has 0 amide bonds. The molecule has 0 aromatic heterocycles. The zero-order chi connectivity index (χ0) is 8.32. The van der Waals surface area contributed by atoms with Crippen LogP contribution >= 0.6 is 12.6 Å². The number of halogens is 2. The van der Waals surface area contributed by atoms with E-state index in [2.05, 4.69) is 17.9 Å². The first-order valence-electron chi connectivity index (χ1n) is 3.84. The van der Waals surface area contributed by atoms with Crippen LogP contribution in [-0.2, 0) is 0 Å². The van der Waals surface area contributed by atoms with Crippen molar-refractivity contribution in [3.63, 3.8) is 0 Å². The van der Waals surface area contributed by atoms with Crippen molar-refractivity contribution in [1.29, 1.82) is 0 Å². The van der Waals surface area contributed by atoms with Gasteiger partial charge >= 0.3 is 0 Å². The topological polar surface area (TPSA) is 12.0 Å². The average molecular weight is 181 g/mol. The van der Waals surface area contributed by atoms with Crippen LogP contribution in [0.1, 0.15) is 19.3 Å². The summed E-state index contributed by atoms with van der Waals surface area (Å²) in [6.07, 6.45) is -0.783. The van der Waals surface area contributed by atoms with Crippen LogP contribution in [0, 0.1) is 0 Å². The van der Waals surface area contributed by atoms with Crippen molar-refractivity contribution in [3.05, 3.63) is 0 Å². The molecule has 0 bridgehead atoms. The van der Waals surface area contributed by atoms with Crippen molar-refractivity contribution in [2.45, 2.75) is 30.4 Å². The Hall–Kier alpha value is 0.170. The Balaban J connectivity index is 2.23. The lowest BCUT2D eigenvalue weighted by Crippen LogP contribution is -2.25. The molecule has 1 N–H and O–H groups in total. The number of alkyl halides is 2. The quantitative estimate of drug-likeness (QED) is 0.631. The third kappa shape index (κ3) is 2.95. The van der Waals surface area contributed by atoms with Gasteiger partial charge in [0.1, 0.15) is 0 Å². The van der Waals surface area contributed by atoms with Gasteiger partial charge in [-0.15, -0.1) is 0 Å². The summed E-state index contributed by atoms with van der Waals surface area (Å²) >= 11 is 4.36. The Labute approximate surface area is 71.0 Å². The largest absolute Gasteiger partial charge is 0.315 e.